The summed E-state index contributed by atoms with van der Waals surface area (Å²) in [6, 6.07) is 14.0. The Bertz CT molecular complexity index is 868. The van der Waals surface area contributed by atoms with Gasteiger partial charge in [0, 0.05) is 17.3 Å². The predicted octanol–water partition coefficient (Wildman–Crippen LogP) is 3.65. The van der Waals surface area contributed by atoms with Crippen molar-refractivity contribution in [3.05, 3.63) is 76.8 Å². The molecule has 0 N–H and O–H groups in total. The van der Waals surface area contributed by atoms with Gasteiger partial charge in [-0.25, -0.2) is 9.07 Å². The third-order valence-electron chi connectivity index (χ3n) is 4.09. The largest absolute Gasteiger partial charge is 0.350 e. The Hall–Kier alpha value is -2.44. The van der Waals surface area contributed by atoms with Gasteiger partial charge in [0.25, 0.3) is 0 Å². The minimum absolute atomic E-state index is 0.257. The molecular formula is C18H16ClFN4O. The van der Waals surface area contributed by atoms with E-state index in [0.29, 0.717) is 18.2 Å². The molecule has 3 aromatic rings. The summed E-state index contributed by atoms with van der Waals surface area (Å²) in [6.45, 7) is 1.89. The van der Waals surface area contributed by atoms with Crippen LogP contribution in [0.5, 0.6) is 0 Å². The van der Waals surface area contributed by atoms with Crippen molar-refractivity contribution in [1.82, 2.24) is 15.0 Å². The maximum absolute atomic E-state index is 13.1. The first-order valence-electron chi connectivity index (χ1n) is 7.97. The van der Waals surface area contributed by atoms with E-state index in [1.165, 1.54) is 12.1 Å². The molecule has 0 aliphatic carbocycles. The molecule has 0 bridgehead atoms. The van der Waals surface area contributed by atoms with Gasteiger partial charge in [-0.1, -0.05) is 28.9 Å². The van der Waals surface area contributed by atoms with Crippen LogP contribution >= 0.6 is 11.6 Å². The smallest absolute Gasteiger partial charge is 0.177 e. The molecule has 1 aromatic heterocycles. The molecule has 0 saturated carbocycles. The van der Waals surface area contributed by atoms with Crippen LogP contribution in [0.4, 0.5) is 10.1 Å². The molecular weight excluding hydrogens is 343 g/mol. The average Bonchev–Trinajstić information content (AvgIpc) is 3.24. The number of halogens is 2. The number of ether oxygens (including phenoxy) is 1. The SMILES string of the molecule is Fc1ccc(N2CCO[C@H]2c2cn(Cc3cccc(Cl)c3)nn2)cc1. The number of anilines is 1. The second kappa shape index (κ2) is 6.82. The van der Waals surface area contributed by atoms with Crippen molar-refractivity contribution in [2.45, 2.75) is 12.8 Å². The van der Waals surface area contributed by atoms with Gasteiger partial charge in [-0.2, -0.15) is 0 Å². The van der Waals surface area contributed by atoms with E-state index in [-0.39, 0.29) is 12.0 Å². The van der Waals surface area contributed by atoms with Gasteiger partial charge in [0.15, 0.2) is 6.23 Å². The quantitative estimate of drug-likeness (QED) is 0.714. The standard InChI is InChI=1S/C18H16ClFN4O/c19-14-3-1-2-13(10-14)11-23-12-17(21-22-23)18-24(8-9-25-18)16-6-4-15(20)5-7-16/h1-7,10,12,18H,8-9,11H2/t18-/m0/s1. The minimum Gasteiger partial charge on any atom is -0.350 e. The Morgan fingerprint density at radius 3 is 2.84 bits per heavy atom. The van der Waals surface area contributed by atoms with Gasteiger partial charge in [-0.3, -0.25) is 0 Å². The molecule has 2 aromatic carbocycles. The third kappa shape index (κ3) is 3.50. The summed E-state index contributed by atoms with van der Waals surface area (Å²) in [6.07, 6.45) is 1.55. The topological polar surface area (TPSA) is 43.2 Å². The molecule has 0 radical (unpaired) electrons. The molecule has 7 heteroatoms. The first kappa shape index (κ1) is 16.1. The van der Waals surface area contributed by atoms with Crippen molar-refractivity contribution in [2.75, 3.05) is 18.1 Å². The fourth-order valence-electron chi connectivity index (χ4n) is 2.94. The molecule has 0 unspecified atom stereocenters. The van der Waals surface area contributed by atoms with Crippen molar-refractivity contribution in [1.29, 1.82) is 0 Å². The highest BCUT2D eigenvalue weighted by Crippen LogP contribution is 2.31. The highest BCUT2D eigenvalue weighted by Gasteiger charge is 2.29. The molecule has 1 saturated heterocycles. The van der Waals surface area contributed by atoms with Gasteiger partial charge >= 0.3 is 0 Å². The number of hydrogen-bond acceptors (Lipinski definition) is 4. The van der Waals surface area contributed by atoms with E-state index in [1.807, 2.05) is 35.4 Å². The van der Waals surface area contributed by atoms with E-state index in [9.17, 15) is 4.39 Å². The molecule has 1 fully saturated rings. The van der Waals surface area contributed by atoms with Gasteiger partial charge in [0.1, 0.15) is 11.5 Å². The van der Waals surface area contributed by atoms with Gasteiger partial charge in [0.2, 0.25) is 0 Å². The van der Waals surface area contributed by atoms with Crippen molar-refractivity contribution in [3.8, 4) is 0 Å². The van der Waals surface area contributed by atoms with Crippen LogP contribution in [-0.4, -0.2) is 28.1 Å². The van der Waals surface area contributed by atoms with E-state index in [4.69, 9.17) is 16.3 Å². The maximum atomic E-state index is 13.1. The van der Waals surface area contributed by atoms with Gasteiger partial charge in [-0.05, 0) is 42.0 Å². The molecule has 0 spiro atoms. The molecule has 1 aliphatic rings. The van der Waals surface area contributed by atoms with Gasteiger partial charge in [-0.15, -0.1) is 5.10 Å². The van der Waals surface area contributed by atoms with Crippen LogP contribution in [0, 0.1) is 5.82 Å². The number of nitrogens with zero attached hydrogens (tertiary/aromatic N) is 4. The molecule has 4 rings (SSSR count). The van der Waals surface area contributed by atoms with Crippen LogP contribution in [0.3, 0.4) is 0 Å². The molecule has 2 heterocycles. The van der Waals surface area contributed by atoms with Crippen LogP contribution < -0.4 is 4.90 Å². The van der Waals surface area contributed by atoms with Crippen LogP contribution in [-0.2, 0) is 11.3 Å². The van der Waals surface area contributed by atoms with E-state index >= 15 is 0 Å². The number of rotatable bonds is 4. The van der Waals surface area contributed by atoms with Crippen LogP contribution in [0.25, 0.3) is 0 Å². The zero-order valence-electron chi connectivity index (χ0n) is 13.3. The molecule has 25 heavy (non-hydrogen) atoms. The van der Waals surface area contributed by atoms with Crippen molar-refractivity contribution in [2.24, 2.45) is 0 Å². The lowest BCUT2D eigenvalue weighted by Crippen LogP contribution is -2.23. The van der Waals surface area contributed by atoms with Gasteiger partial charge < -0.3 is 9.64 Å². The summed E-state index contributed by atoms with van der Waals surface area (Å²) < 4.78 is 20.7. The van der Waals surface area contributed by atoms with Crippen LogP contribution in [0.2, 0.25) is 5.02 Å². The monoisotopic (exact) mass is 358 g/mol. The zero-order valence-corrected chi connectivity index (χ0v) is 14.1. The predicted molar refractivity (Wildman–Crippen MR) is 93.0 cm³/mol. The zero-order chi connectivity index (χ0) is 17.2. The summed E-state index contributed by atoms with van der Waals surface area (Å²) in [4.78, 5) is 2.05. The van der Waals surface area contributed by atoms with Crippen LogP contribution in [0.1, 0.15) is 17.5 Å². The highest BCUT2D eigenvalue weighted by molar-refractivity contribution is 6.30. The Kier molecular flexibility index (Phi) is 4.38. The minimum atomic E-state index is -0.321. The molecule has 1 aliphatic heterocycles. The average molecular weight is 359 g/mol. The van der Waals surface area contributed by atoms with Gasteiger partial charge in [0.05, 0.1) is 19.3 Å². The van der Waals surface area contributed by atoms with E-state index in [0.717, 1.165) is 23.5 Å². The molecule has 5 nitrogen and oxygen atoms in total. The summed E-state index contributed by atoms with van der Waals surface area (Å²) >= 11 is 6.02. The summed E-state index contributed by atoms with van der Waals surface area (Å²) in [7, 11) is 0. The van der Waals surface area contributed by atoms with E-state index in [1.54, 1.807) is 16.8 Å². The summed E-state index contributed by atoms with van der Waals surface area (Å²) in [5, 5.41) is 9.13. The maximum Gasteiger partial charge on any atom is 0.177 e. The lowest BCUT2D eigenvalue weighted by Gasteiger charge is -2.23. The molecule has 0 amide bonds. The van der Waals surface area contributed by atoms with Crippen LogP contribution in [0.15, 0.2) is 54.7 Å². The number of aromatic nitrogens is 3. The summed E-state index contributed by atoms with van der Waals surface area (Å²) in [5.74, 6) is -0.257. The first-order valence-corrected chi connectivity index (χ1v) is 8.35. The van der Waals surface area contributed by atoms with Crippen molar-refractivity contribution >= 4 is 17.3 Å². The van der Waals surface area contributed by atoms with Crippen molar-refractivity contribution in [3.63, 3.8) is 0 Å². The lowest BCUT2D eigenvalue weighted by molar-refractivity contribution is 0.110. The fourth-order valence-corrected chi connectivity index (χ4v) is 3.15. The first-order chi connectivity index (χ1) is 12.2. The second-order valence-corrected chi connectivity index (χ2v) is 6.30. The Morgan fingerprint density at radius 2 is 2.04 bits per heavy atom. The third-order valence-corrected chi connectivity index (χ3v) is 4.33. The number of hydrogen-bond donors (Lipinski definition) is 0. The van der Waals surface area contributed by atoms with E-state index in [2.05, 4.69) is 10.3 Å². The molecule has 128 valence electrons. The normalized spacial score (nSPS) is 17.2. The molecule has 1 atom stereocenters. The van der Waals surface area contributed by atoms with E-state index < -0.39 is 0 Å². The fraction of sp³-hybridized carbons (Fsp3) is 0.222. The Labute approximate surface area is 149 Å². The summed E-state index contributed by atoms with van der Waals surface area (Å²) in [5.41, 5.74) is 2.67. The lowest BCUT2D eigenvalue weighted by atomic mass is 10.2. The van der Waals surface area contributed by atoms with Crippen molar-refractivity contribution < 1.29 is 9.13 Å². The number of benzene rings is 2. The highest BCUT2D eigenvalue weighted by atomic mass is 35.5. The second-order valence-electron chi connectivity index (χ2n) is 5.86. The Balaban J connectivity index is 1.53. The Morgan fingerprint density at radius 1 is 1.20 bits per heavy atom.